The molecular weight excluding hydrogens is 172 g/mol. The van der Waals surface area contributed by atoms with Gasteiger partial charge in [0, 0.05) is 11.4 Å². The van der Waals surface area contributed by atoms with Crippen LogP contribution in [0.25, 0.3) is 0 Å². The van der Waals surface area contributed by atoms with Gasteiger partial charge in [-0.3, -0.25) is 20.2 Å². The van der Waals surface area contributed by atoms with Crippen LogP contribution >= 0.6 is 11.3 Å². The summed E-state index contributed by atoms with van der Waals surface area (Å²) in [6.07, 6.45) is 0. The molecule has 0 radical (unpaired) electrons. The SMILES string of the molecule is O=[N+]([O-])c1ccsc1[N+](=O)[O-]. The molecule has 1 rings (SSSR count). The van der Waals surface area contributed by atoms with Crippen LogP contribution in [0.4, 0.5) is 10.7 Å². The Labute approximate surface area is 64.4 Å². The van der Waals surface area contributed by atoms with Crippen LogP contribution in [0.15, 0.2) is 11.4 Å². The van der Waals surface area contributed by atoms with E-state index in [1.165, 1.54) is 5.38 Å². The van der Waals surface area contributed by atoms with Gasteiger partial charge in [0.25, 0.3) is 0 Å². The average Bonchev–Trinajstić information content (AvgIpc) is 2.32. The second-order valence-corrected chi connectivity index (χ2v) is 2.52. The third-order valence-corrected chi connectivity index (χ3v) is 1.84. The van der Waals surface area contributed by atoms with Crippen molar-refractivity contribution in [3.63, 3.8) is 0 Å². The summed E-state index contributed by atoms with van der Waals surface area (Å²) in [6.45, 7) is 0. The molecule has 0 unspecified atom stereocenters. The second kappa shape index (κ2) is 2.62. The van der Waals surface area contributed by atoms with Crippen LogP contribution in [0.3, 0.4) is 0 Å². The van der Waals surface area contributed by atoms with Crippen molar-refractivity contribution in [1.29, 1.82) is 0 Å². The summed E-state index contributed by atoms with van der Waals surface area (Å²) in [5.74, 6) is 0. The number of hydrogen-bond acceptors (Lipinski definition) is 5. The van der Waals surface area contributed by atoms with E-state index < -0.39 is 20.5 Å². The van der Waals surface area contributed by atoms with E-state index in [1.807, 2.05) is 0 Å². The summed E-state index contributed by atoms with van der Waals surface area (Å²) in [5, 5.41) is 21.1. The molecule has 6 nitrogen and oxygen atoms in total. The average molecular weight is 174 g/mol. The fraction of sp³-hybridized carbons (Fsp3) is 0. The number of hydrogen-bond donors (Lipinski definition) is 0. The molecule has 11 heavy (non-hydrogen) atoms. The van der Waals surface area contributed by atoms with Crippen molar-refractivity contribution >= 4 is 22.0 Å². The zero-order valence-corrected chi connectivity index (χ0v) is 5.91. The van der Waals surface area contributed by atoms with E-state index in [4.69, 9.17) is 0 Å². The van der Waals surface area contributed by atoms with Crippen molar-refractivity contribution in [3.05, 3.63) is 31.7 Å². The highest BCUT2D eigenvalue weighted by molar-refractivity contribution is 7.13. The highest BCUT2D eigenvalue weighted by Gasteiger charge is 2.24. The predicted molar refractivity (Wildman–Crippen MR) is 37.6 cm³/mol. The molecule has 0 amide bonds. The molecule has 0 saturated heterocycles. The molecule has 0 bridgehead atoms. The monoisotopic (exact) mass is 174 g/mol. The van der Waals surface area contributed by atoms with Gasteiger partial charge in [0.2, 0.25) is 0 Å². The van der Waals surface area contributed by atoms with Gasteiger partial charge in [0.05, 0.1) is 9.85 Å². The maximum atomic E-state index is 10.1. The van der Waals surface area contributed by atoms with E-state index in [1.54, 1.807) is 0 Å². The predicted octanol–water partition coefficient (Wildman–Crippen LogP) is 1.56. The van der Waals surface area contributed by atoms with Crippen LogP contribution in [-0.2, 0) is 0 Å². The minimum Gasteiger partial charge on any atom is -0.258 e. The quantitative estimate of drug-likeness (QED) is 0.502. The molecule has 0 atom stereocenters. The van der Waals surface area contributed by atoms with Crippen molar-refractivity contribution in [3.8, 4) is 0 Å². The van der Waals surface area contributed by atoms with Crippen molar-refractivity contribution < 1.29 is 9.85 Å². The van der Waals surface area contributed by atoms with Gasteiger partial charge in [-0.15, -0.1) is 0 Å². The third kappa shape index (κ3) is 1.32. The summed E-state index contributed by atoms with van der Waals surface area (Å²) in [4.78, 5) is 18.7. The molecule has 0 N–H and O–H groups in total. The first-order valence-electron chi connectivity index (χ1n) is 2.49. The lowest BCUT2D eigenvalue weighted by Gasteiger charge is -1.84. The molecule has 1 aromatic rings. The van der Waals surface area contributed by atoms with Crippen LogP contribution < -0.4 is 0 Å². The first-order valence-corrected chi connectivity index (χ1v) is 3.37. The fourth-order valence-corrected chi connectivity index (χ4v) is 1.25. The third-order valence-electron chi connectivity index (χ3n) is 0.987. The molecule has 0 saturated carbocycles. The van der Waals surface area contributed by atoms with Crippen LogP contribution in [-0.4, -0.2) is 9.85 Å². The lowest BCUT2D eigenvalue weighted by atomic mass is 10.5. The zero-order chi connectivity index (χ0) is 8.43. The van der Waals surface area contributed by atoms with Crippen LogP contribution in [0.1, 0.15) is 0 Å². The minimum atomic E-state index is -0.769. The first kappa shape index (κ1) is 7.61. The molecule has 1 heterocycles. The van der Waals surface area contributed by atoms with Crippen LogP contribution in [0.5, 0.6) is 0 Å². The molecule has 0 spiro atoms. The van der Waals surface area contributed by atoms with E-state index in [2.05, 4.69) is 0 Å². The van der Waals surface area contributed by atoms with Gasteiger partial charge in [-0.25, -0.2) is 0 Å². The van der Waals surface area contributed by atoms with Crippen molar-refractivity contribution in [2.75, 3.05) is 0 Å². The Kier molecular flexibility index (Phi) is 1.81. The maximum absolute atomic E-state index is 10.1. The highest BCUT2D eigenvalue weighted by Crippen LogP contribution is 2.31. The van der Waals surface area contributed by atoms with Gasteiger partial charge in [0.1, 0.15) is 0 Å². The van der Waals surface area contributed by atoms with Crippen molar-refractivity contribution in [1.82, 2.24) is 0 Å². The standard InChI is InChI=1S/C4H2N2O4S/c7-5(8)3-1-2-11-4(3)6(9)10/h1-2H. The number of nitrogens with zero attached hydrogens (tertiary/aromatic N) is 2. The fourth-order valence-electron chi connectivity index (χ4n) is 0.570. The molecule has 0 aliphatic carbocycles. The van der Waals surface area contributed by atoms with Crippen molar-refractivity contribution in [2.45, 2.75) is 0 Å². The maximum Gasteiger partial charge on any atom is 0.401 e. The van der Waals surface area contributed by atoms with E-state index in [9.17, 15) is 20.2 Å². The van der Waals surface area contributed by atoms with Crippen LogP contribution in [0.2, 0.25) is 0 Å². The molecule has 0 aliphatic heterocycles. The highest BCUT2D eigenvalue weighted by atomic mass is 32.1. The Morgan fingerprint density at radius 3 is 2.27 bits per heavy atom. The first-order chi connectivity index (χ1) is 5.13. The zero-order valence-electron chi connectivity index (χ0n) is 5.09. The van der Waals surface area contributed by atoms with Gasteiger partial charge < -0.3 is 0 Å². The molecule has 0 aliphatic rings. The van der Waals surface area contributed by atoms with Gasteiger partial charge in [-0.2, -0.15) is 0 Å². The molecule has 7 heteroatoms. The second-order valence-electron chi connectivity index (χ2n) is 1.63. The summed E-state index contributed by atoms with van der Waals surface area (Å²) in [5.41, 5.74) is -0.444. The van der Waals surface area contributed by atoms with Gasteiger partial charge in [0.15, 0.2) is 0 Å². The molecule has 58 valence electrons. The molecule has 0 aromatic carbocycles. The minimum absolute atomic E-state index is 0.421. The normalized spacial score (nSPS) is 9.45. The lowest BCUT2D eigenvalue weighted by molar-refractivity contribution is -0.419. The lowest BCUT2D eigenvalue weighted by Crippen LogP contribution is -1.91. The summed E-state index contributed by atoms with van der Waals surface area (Å²) in [6, 6.07) is 1.11. The summed E-state index contributed by atoms with van der Waals surface area (Å²) < 4.78 is 0. The molecule has 1 aromatic heterocycles. The molecule has 0 fully saturated rings. The Hall–Kier alpha value is -1.50. The Balaban J connectivity index is 3.16. The Morgan fingerprint density at radius 2 is 1.91 bits per heavy atom. The van der Waals surface area contributed by atoms with E-state index in [-0.39, 0.29) is 0 Å². The Morgan fingerprint density at radius 1 is 1.27 bits per heavy atom. The number of rotatable bonds is 2. The summed E-state index contributed by atoms with van der Waals surface area (Å²) in [7, 11) is 0. The van der Waals surface area contributed by atoms with Crippen LogP contribution in [0, 0.1) is 20.2 Å². The van der Waals surface area contributed by atoms with E-state index in [0.717, 1.165) is 17.4 Å². The number of nitro groups is 2. The van der Waals surface area contributed by atoms with E-state index in [0.29, 0.717) is 0 Å². The largest absolute Gasteiger partial charge is 0.401 e. The van der Waals surface area contributed by atoms with Gasteiger partial charge in [-0.05, 0) is 0 Å². The summed E-state index contributed by atoms with van der Waals surface area (Å²) >= 11 is 0.745. The number of thiophene rings is 1. The smallest absolute Gasteiger partial charge is 0.258 e. The Bertz CT molecular complexity index is 278. The topological polar surface area (TPSA) is 86.3 Å². The van der Waals surface area contributed by atoms with Gasteiger partial charge >= 0.3 is 10.7 Å². The van der Waals surface area contributed by atoms with Gasteiger partial charge in [-0.1, -0.05) is 11.3 Å². The molecular formula is C4H2N2O4S. The van der Waals surface area contributed by atoms with E-state index >= 15 is 0 Å². The van der Waals surface area contributed by atoms with Crippen molar-refractivity contribution in [2.24, 2.45) is 0 Å².